The van der Waals surface area contributed by atoms with Crippen molar-refractivity contribution in [3.63, 3.8) is 0 Å². The van der Waals surface area contributed by atoms with Crippen LogP contribution in [-0.2, 0) is 4.79 Å². The van der Waals surface area contributed by atoms with Crippen LogP contribution in [0.25, 0.3) is 0 Å². The number of carbonyl (C=O) groups is 2. The molecule has 3 amide bonds. The third-order valence-corrected chi connectivity index (χ3v) is 4.51. The highest BCUT2D eigenvalue weighted by Gasteiger charge is 2.22. The molecule has 0 spiro atoms. The van der Waals surface area contributed by atoms with E-state index in [4.69, 9.17) is 0 Å². The molecule has 1 aliphatic heterocycles. The molecule has 0 radical (unpaired) electrons. The average Bonchev–Trinajstić information content (AvgIpc) is 2.49. The third kappa shape index (κ3) is 5.12. The zero-order chi connectivity index (χ0) is 14.2. The molecule has 1 saturated carbocycles. The summed E-state index contributed by atoms with van der Waals surface area (Å²) in [7, 11) is 0. The van der Waals surface area contributed by atoms with Gasteiger partial charge in [0.15, 0.2) is 0 Å². The van der Waals surface area contributed by atoms with Crippen molar-refractivity contribution in [2.45, 2.75) is 51.4 Å². The molecule has 0 atom stereocenters. The van der Waals surface area contributed by atoms with Gasteiger partial charge in [-0.2, -0.15) is 0 Å². The number of carbonyl (C=O) groups excluding carboxylic acids is 2. The van der Waals surface area contributed by atoms with Crippen LogP contribution in [0.4, 0.5) is 4.79 Å². The lowest BCUT2D eigenvalue weighted by molar-refractivity contribution is -0.124. The molecule has 1 aliphatic carbocycles. The summed E-state index contributed by atoms with van der Waals surface area (Å²) in [4.78, 5) is 23.6. The van der Waals surface area contributed by atoms with E-state index in [9.17, 15) is 9.59 Å². The second-order valence-corrected chi connectivity index (χ2v) is 6.06. The van der Waals surface area contributed by atoms with E-state index in [1.165, 1.54) is 32.1 Å². The standard InChI is InChI=1S/C15H27N3O2/c19-14(13-7-9-16-10-8-13)18-15(20)17-11-6-12-4-2-1-3-5-12/h12-13,16H,1-11H2,(H2,17,18,19,20). The van der Waals surface area contributed by atoms with Crippen LogP contribution in [0.2, 0.25) is 0 Å². The van der Waals surface area contributed by atoms with Crippen molar-refractivity contribution < 1.29 is 9.59 Å². The normalized spacial score (nSPS) is 21.4. The van der Waals surface area contributed by atoms with Gasteiger partial charge < -0.3 is 10.6 Å². The van der Waals surface area contributed by atoms with Crippen molar-refractivity contribution in [2.24, 2.45) is 11.8 Å². The van der Waals surface area contributed by atoms with Crippen molar-refractivity contribution in [1.29, 1.82) is 0 Å². The van der Waals surface area contributed by atoms with Crippen molar-refractivity contribution in [2.75, 3.05) is 19.6 Å². The number of hydrogen-bond donors (Lipinski definition) is 3. The van der Waals surface area contributed by atoms with Gasteiger partial charge >= 0.3 is 6.03 Å². The van der Waals surface area contributed by atoms with E-state index in [0.29, 0.717) is 6.54 Å². The van der Waals surface area contributed by atoms with Crippen LogP contribution in [0.3, 0.4) is 0 Å². The number of nitrogens with one attached hydrogen (secondary N) is 3. The Labute approximate surface area is 121 Å². The third-order valence-electron chi connectivity index (χ3n) is 4.51. The van der Waals surface area contributed by atoms with E-state index in [2.05, 4.69) is 16.0 Å². The smallest absolute Gasteiger partial charge is 0.321 e. The summed E-state index contributed by atoms with van der Waals surface area (Å²) in [5, 5.41) is 8.50. The lowest BCUT2D eigenvalue weighted by atomic mass is 9.87. The molecule has 20 heavy (non-hydrogen) atoms. The Morgan fingerprint density at radius 2 is 1.70 bits per heavy atom. The Morgan fingerprint density at radius 3 is 2.40 bits per heavy atom. The Hall–Kier alpha value is -1.10. The van der Waals surface area contributed by atoms with E-state index < -0.39 is 0 Å². The van der Waals surface area contributed by atoms with Crippen LogP contribution in [-0.4, -0.2) is 31.6 Å². The Bertz CT molecular complexity index is 321. The van der Waals surface area contributed by atoms with Crippen molar-refractivity contribution in [3.05, 3.63) is 0 Å². The van der Waals surface area contributed by atoms with Crippen LogP contribution in [0.15, 0.2) is 0 Å². The highest BCUT2D eigenvalue weighted by molar-refractivity contribution is 5.95. The maximum Gasteiger partial charge on any atom is 0.321 e. The molecular weight excluding hydrogens is 254 g/mol. The number of amides is 3. The van der Waals surface area contributed by atoms with Crippen molar-refractivity contribution >= 4 is 11.9 Å². The van der Waals surface area contributed by atoms with Gasteiger partial charge in [0.2, 0.25) is 5.91 Å². The predicted molar refractivity (Wildman–Crippen MR) is 78.3 cm³/mol. The van der Waals surface area contributed by atoms with E-state index in [1.807, 2.05) is 0 Å². The number of piperidine rings is 1. The lowest BCUT2D eigenvalue weighted by Gasteiger charge is -2.22. The molecule has 2 rings (SSSR count). The molecule has 1 saturated heterocycles. The topological polar surface area (TPSA) is 70.2 Å². The van der Waals surface area contributed by atoms with Gasteiger partial charge in [0.25, 0.3) is 0 Å². The first kappa shape index (κ1) is 15.3. The molecule has 5 heteroatoms. The number of hydrogen-bond acceptors (Lipinski definition) is 3. The van der Waals surface area contributed by atoms with Gasteiger partial charge in [-0.15, -0.1) is 0 Å². The maximum absolute atomic E-state index is 11.9. The van der Waals surface area contributed by atoms with Gasteiger partial charge in [-0.25, -0.2) is 4.79 Å². The minimum atomic E-state index is -0.329. The fraction of sp³-hybridized carbons (Fsp3) is 0.867. The molecule has 2 fully saturated rings. The minimum Gasteiger partial charge on any atom is -0.338 e. The molecule has 0 bridgehead atoms. The molecule has 3 N–H and O–H groups in total. The summed E-state index contributed by atoms with van der Waals surface area (Å²) < 4.78 is 0. The molecule has 1 heterocycles. The van der Waals surface area contributed by atoms with Gasteiger partial charge in [0, 0.05) is 12.5 Å². The summed E-state index contributed by atoms with van der Waals surface area (Å²) in [5.74, 6) is 0.617. The zero-order valence-corrected chi connectivity index (χ0v) is 12.2. The molecule has 0 unspecified atom stereocenters. The maximum atomic E-state index is 11.9. The van der Waals surface area contributed by atoms with E-state index in [1.54, 1.807) is 0 Å². The summed E-state index contributed by atoms with van der Waals surface area (Å²) in [5.41, 5.74) is 0. The number of imide groups is 1. The Morgan fingerprint density at radius 1 is 1.00 bits per heavy atom. The van der Waals surface area contributed by atoms with Crippen LogP contribution < -0.4 is 16.0 Å². The second-order valence-electron chi connectivity index (χ2n) is 6.06. The minimum absolute atomic E-state index is 0.0136. The van der Waals surface area contributed by atoms with Crippen molar-refractivity contribution in [1.82, 2.24) is 16.0 Å². The Kier molecular flexibility index (Phi) is 6.30. The van der Waals surface area contributed by atoms with Crippen molar-refractivity contribution in [3.8, 4) is 0 Å². The van der Waals surface area contributed by atoms with Crippen LogP contribution in [0.1, 0.15) is 51.4 Å². The molecule has 5 nitrogen and oxygen atoms in total. The highest BCUT2D eigenvalue weighted by Crippen LogP contribution is 2.25. The Balaban J connectivity index is 1.58. The molecule has 0 aromatic heterocycles. The number of urea groups is 1. The SMILES string of the molecule is O=C(NCCC1CCCCC1)NC(=O)C1CCNCC1. The quantitative estimate of drug-likeness (QED) is 0.735. The molecule has 0 aromatic carbocycles. The van der Waals surface area contributed by atoms with Gasteiger partial charge in [-0.3, -0.25) is 10.1 Å². The summed E-state index contributed by atoms with van der Waals surface area (Å²) in [6.07, 6.45) is 9.26. The average molecular weight is 281 g/mol. The predicted octanol–water partition coefficient (Wildman–Crippen LogP) is 1.78. The first-order chi connectivity index (χ1) is 9.75. The van der Waals surface area contributed by atoms with E-state index in [0.717, 1.165) is 38.3 Å². The van der Waals surface area contributed by atoms with Crippen LogP contribution in [0, 0.1) is 11.8 Å². The van der Waals surface area contributed by atoms with E-state index >= 15 is 0 Å². The number of rotatable bonds is 4. The van der Waals surface area contributed by atoms with Crippen LogP contribution in [0.5, 0.6) is 0 Å². The highest BCUT2D eigenvalue weighted by atomic mass is 16.2. The molecule has 114 valence electrons. The van der Waals surface area contributed by atoms with Crippen LogP contribution >= 0.6 is 0 Å². The lowest BCUT2D eigenvalue weighted by Crippen LogP contribution is -2.45. The van der Waals surface area contributed by atoms with Gasteiger partial charge in [-0.05, 0) is 38.3 Å². The van der Waals surface area contributed by atoms with Gasteiger partial charge in [0.1, 0.15) is 0 Å². The monoisotopic (exact) mass is 281 g/mol. The summed E-state index contributed by atoms with van der Waals surface area (Å²) in [6, 6.07) is -0.329. The van der Waals surface area contributed by atoms with Gasteiger partial charge in [-0.1, -0.05) is 32.1 Å². The molecule has 0 aromatic rings. The fourth-order valence-electron chi connectivity index (χ4n) is 3.21. The molecular formula is C15H27N3O2. The largest absolute Gasteiger partial charge is 0.338 e. The zero-order valence-electron chi connectivity index (χ0n) is 12.2. The fourth-order valence-corrected chi connectivity index (χ4v) is 3.21. The van der Waals surface area contributed by atoms with E-state index in [-0.39, 0.29) is 17.9 Å². The summed E-state index contributed by atoms with van der Waals surface area (Å²) in [6.45, 7) is 2.40. The first-order valence-electron chi connectivity index (χ1n) is 8.05. The second kappa shape index (κ2) is 8.25. The summed E-state index contributed by atoms with van der Waals surface area (Å²) >= 11 is 0. The first-order valence-corrected chi connectivity index (χ1v) is 8.05. The van der Waals surface area contributed by atoms with Gasteiger partial charge in [0.05, 0.1) is 0 Å². The molecule has 2 aliphatic rings.